The van der Waals surface area contributed by atoms with Crippen LogP contribution in [0, 0.1) is 0 Å². The summed E-state index contributed by atoms with van der Waals surface area (Å²) in [7, 11) is 0. The Morgan fingerprint density at radius 1 is 1.38 bits per heavy atom. The number of aromatic nitrogens is 2. The molecule has 0 saturated carbocycles. The number of hydrogen-bond acceptors (Lipinski definition) is 3. The van der Waals surface area contributed by atoms with Crippen molar-refractivity contribution in [3.05, 3.63) is 28.9 Å². The maximum atomic E-state index is 12.7. The Hall–Kier alpha value is -1.23. The summed E-state index contributed by atoms with van der Waals surface area (Å²) in [4.78, 5) is 10.5. The van der Waals surface area contributed by atoms with E-state index in [1.807, 2.05) is 23.1 Å². The Labute approximate surface area is 100 Å². The van der Waals surface area contributed by atoms with Crippen molar-refractivity contribution in [3.63, 3.8) is 0 Å². The zero-order valence-electron chi connectivity index (χ0n) is 8.40. The van der Waals surface area contributed by atoms with E-state index in [4.69, 9.17) is 0 Å². The van der Waals surface area contributed by atoms with Crippen molar-refractivity contribution in [3.8, 4) is 0 Å². The van der Waals surface area contributed by atoms with Crippen molar-refractivity contribution in [2.75, 3.05) is 18.0 Å². The minimum Gasteiger partial charge on any atom is -0.335 e. The second-order valence-electron chi connectivity index (χ2n) is 3.88. The normalized spacial score (nSPS) is 16.5. The van der Waals surface area contributed by atoms with Gasteiger partial charge in [0.25, 0.3) is 0 Å². The topological polar surface area (TPSA) is 29.0 Å². The molecule has 0 bridgehead atoms. The van der Waals surface area contributed by atoms with Crippen LogP contribution in [-0.2, 0) is 0 Å². The molecule has 1 fully saturated rings. The van der Waals surface area contributed by atoms with E-state index in [9.17, 15) is 4.39 Å². The fourth-order valence-corrected chi connectivity index (χ4v) is 2.11. The van der Waals surface area contributed by atoms with Crippen molar-refractivity contribution in [2.45, 2.75) is 6.17 Å². The van der Waals surface area contributed by atoms with E-state index in [0.29, 0.717) is 19.0 Å². The molecule has 0 spiro atoms. The van der Waals surface area contributed by atoms with E-state index < -0.39 is 6.17 Å². The molecule has 1 aliphatic rings. The van der Waals surface area contributed by atoms with Crippen molar-refractivity contribution < 1.29 is 4.39 Å². The smallest absolute Gasteiger partial charge is 0.226 e. The Bertz CT molecular complexity index is 540. The molecule has 0 radical (unpaired) electrons. The number of alkyl halides is 1. The summed E-state index contributed by atoms with van der Waals surface area (Å²) >= 11 is 3.40. The molecule has 0 atom stereocenters. The summed E-state index contributed by atoms with van der Waals surface area (Å²) < 4.78 is 13.7. The van der Waals surface area contributed by atoms with Crippen LogP contribution < -0.4 is 4.90 Å². The van der Waals surface area contributed by atoms with Gasteiger partial charge < -0.3 is 4.90 Å². The van der Waals surface area contributed by atoms with Crippen molar-refractivity contribution in [1.29, 1.82) is 0 Å². The van der Waals surface area contributed by atoms with E-state index in [2.05, 4.69) is 25.9 Å². The maximum absolute atomic E-state index is 12.7. The number of nitrogens with zero attached hydrogens (tertiary/aromatic N) is 3. The molecule has 0 N–H and O–H groups in total. The lowest BCUT2D eigenvalue weighted by atomic mass is 10.2. The highest BCUT2D eigenvalue weighted by Crippen LogP contribution is 2.22. The second kappa shape index (κ2) is 3.66. The van der Waals surface area contributed by atoms with Gasteiger partial charge in [-0.2, -0.15) is 0 Å². The highest BCUT2D eigenvalue weighted by atomic mass is 79.9. The number of rotatable bonds is 1. The van der Waals surface area contributed by atoms with Gasteiger partial charge in [-0.25, -0.2) is 14.4 Å². The highest BCUT2D eigenvalue weighted by Gasteiger charge is 2.28. The first-order chi connectivity index (χ1) is 7.72. The molecule has 1 aromatic carbocycles. The quantitative estimate of drug-likeness (QED) is 0.805. The number of hydrogen-bond donors (Lipinski definition) is 0. The van der Waals surface area contributed by atoms with Gasteiger partial charge in [0.1, 0.15) is 6.17 Å². The molecule has 2 aromatic rings. The standard InChI is InChI=1S/C11H9BrFN3/c12-8-1-2-10-7(3-8)4-14-11(15-10)16-5-9(13)6-16/h1-4,9H,5-6H2. The van der Waals surface area contributed by atoms with Gasteiger partial charge >= 0.3 is 0 Å². The predicted octanol–water partition coefficient (Wildman–Crippen LogP) is 2.55. The minimum absolute atomic E-state index is 0.405. The van der Waals surface area contributed by atoms with E-state index >= 15 is 0 Å². The van der Waals surface area contributed by atoms with E-state index in [1.165, 1.54) is 0 Å². The van der Waals surface area contributed by atoms with Crippen LogP contribution in [0.1, 0.15) is 0 Å². The molecular formula is C11H9BrFN3. The van der Waals surface area contributed by atoms with Crippen LogP contribution >= 0.6 is 15.9 Å². The minimum atomic E-state index is -0.732. The van der Waals surface area contributed by atoms with Crippen LogP contribution in [-0.4, -0.2) is 29.2 Å². The Morgan fingerprint density at radius 3 is 2.94 bits per heavy atom. The number of benzene rings is 1. The maximum Gasteiger partial charge on any atom is 0.226 e. The molecule has 3 nitrogen and oxygen atoms in total. The zero-order valence-corrected chi connectivity index (χ0v) is 9.98. The third-order valence-corrected chi connectivity index (χ3v) is 3.14. The fraction of sp³-hybridized carbons (Fsp3) is 0.273. The predicted molar refractivity (Wildman–Crippen MR) is 64.3 cm³/mol. The molecule has 82 valence electrons. The summed E-state index contributed by atoms with van der Waals surface area (Å²) in [6.07, 6.45) is 1.04. The van der Waals surface area contributed by atoms with Gasteiger partial charge in [0.05, 0.1) is 18.6 Å². The van der Waals surface area contributed by atoms with Gasteiger partial charge in [-0.3, -0.25) is 0 Å². The summed E-state index contributed by atoms with van der Waals surface area (Å²) in [5.74, 6) is 0.615. The third-order valence-electron chi connectivity index (χ3n) is 2.65. The first-order valence-corrected chi connectivity index (χ1v) is 5.83. The van der Waals surface area contributed by atoms with E-state index in [-0.39, 0.29) is 0 Å². The first-order valence-electron chi connectivity index (χ1n) is 5.04. The van der Waals surface area contributed by atoms with Crippen LogP contribution in [0.3, 0.4) is 0 Å². The number of halogens is 2. The molecule has 3 rings (SSSR count). The van der Waals surface area contributed by atoms with Gasteiger partial charge in [-0.1, -0.05) is 15.9 Å². The molecule has 1 aromatic heterocycles. The summed E-state index contributed by atoms with van der Waals surface area (Å²) in [6.45, 7) is 0.810. The fourth-order valence-electron chi connectivity index (χ4n) is 1.73. The highest BCUT2D eigenvalue weighted by molar-refractivity contribution is 9.10. The van der Waals surface area contributed by atoms with E-state index in [0.717, 1.165) is 15.4 Å². The second-order valence-corrected chi connectivity index (χ2v) is 4.79. The zero-order chi connectivity index (χ0) is 11.1. The molecule has 1 saturated heterocycles. The van der Waals surface area contributed by atoms with Gasteiger partial charge in [0.2, 0.25) is 5.95 Å². The molecule has 0 aliphatic carbocycles. The van der Waals surface area contributed by atoms with Crippen LogP contribution in [0.2, 0.25) is 0 Å². The van der Waals surface area contributed by atoms with E-state index in [1.54, 1.807) is 6.20 Å². The first kappa shape index (κ1) is 9.96. The average Bonchev–Trinajstić information content (AvgIpc) is 2.24. The van der Waals surface area contributed by atoms with Crippen molar-refractivity contribution in [2.24, 2.45) is 0 Å². The number of anilines is 1. The summed E-state index contributed by atoms with van der Waals surface area (Å²) in [6, 6.07) is 5.83. The van der Waals surface area contributed by atoms with Crippen LogP contribution in [0.15, 0.2) is 28.9 Å². The summed E-state index contributed by atoms with van der Waals surface area (Å²) in [5.41, 5.74) is 0.885. The Balaban J connectivity index is 2.00. The SMILES string of the molecule is FC1CN(c2ncc3cc(Br)ccc3n2)C1. The molecule has 0 amide bonds. The molecular weight excluding hydrogens is 273 g/mol. The van der Waals surface area contributed by atoms with Crippen LogP contribution in [0.25, 0.3) is 10.9 Å². The molecule has 5 heteroatoms. The average molecular weight is 282 g/mol. The lowest BCUT2D eigenvalue weighted by Crippen LogP contribution is -2.49. The molecule has 16 heavy (non-hydrogen) atoms. The van der Waals surface area contributed by atoms with Crippen LogP contribution in [0.5, 0.6) is 0 Å². The molecule has 2 heterocycles. The largest absolute Gasteiger partial charge is 0.335 e. The Kier molecular flexibility index (Phi) is 2.28. The van der Waals surface area contributed by atoms with Crippen molar-refractivity contribution >= 4 is 32.8 Å². The third kappa shape index (κ3) is 1.65. The monoisotopic (exact) mass is 281 g/mol. The molecule has 0 unspecified atom stereocenters. The van der Waals surface area contributed by atoms with Crippen LogP contribution in [0.4, 0.5) is 10.3 Å². The van der Waals surface area contributed by atoms with Gasteiger partial charge in [-0.05, 0) is 18.2 Å². The Morgan fingerprint density at radius 2 is 2.19 bits per heavy atom. The summed E-state index contributed by atoms with van der Waals surface area (Å²) in [5, 5.41) is 0.982. The molecule has 1 aliphatic heterocycles. The lowest BCUT2D eigenvalue weighted by Gasteiger charge is -2.34. The van der Waals surface area contributed by atoms with Crippen molar-refractivity contribution in [1.82, 2.24) is 9.97 Å². The van der Waals surface area contributed by atoms with Gasteiger partial charge in [0.15, 0.2) is 0 Å². The van der Waals surface area contributed by atoms with Gasteiger partial charge in [-0.15, -0.1) is 0 Å². The lowest BCUT2D eigenvalue weighted by molar-refractivity contribution is 0.272. The van der Waals surface area contributed by atoms with Gasteiger partial charge in [0, 0.05) is 16.1 Å². The number of fused-ring (bicyclic) bond motifs is 1.